The highest BCUT2D eigenvalue weighted by Gasteiger charge is 2.33. The molecule has 1 aromatic heterocycles. The predicted octanol–water partition coefficient (Wildman–Crippen LogP) is 3.01. The summed E-state index contributed by atoms with van der Waals surface area (Å²) < 4.78 is 1.97. The van der Waals surface area contributed by atoms with Crippen molar-refractivity contribution >= 4 is 52.1 Å². The number of aliphatic carboxylic acids is 1. The third-order valence-corrected chi connectivity index (χ3v) is 7.17. The molecule has 2 saturated heterocycles. The molecule has 0 spiro atoms. The zero-order valence-electron chi connectivity index (χ0n) is 18.2. The van der Waals surface area contributed by atoms with Crippen molar-refractivity contribution in [3.63, 3.8) is 0 Å². The molecule has 0 radical (unpaired) electrons. The van der Waals surface area contributed by atoms with Gasteiger partial charge in [0.05, 0.1) is 4.91 Å². The van der Waals surface area contributed by atoms with Gasteiger partial charge in [0.25, 0.3) is 11.5 Å². The van der Waals surface area contributed by atoms with Gasteiger partial charge in [-0.25, -0.2) is 0 Å². The van der Waals surface area contributed by atoms with Gasteiger partial charge < -0.3 is 10.0 Å². The van der Waals surface area contributed by atoms with Crippen LogP contribution < -0.4 is 10.5 Å². The van der Waals surface area contributed by atoms with Crippen LogP contribution in [0.5, 0.6) is 0 Å². The summed E-state index contributed by atoms with van der Waals surface area (Å²) in [4.78, 5) is 40.6. The summed E-state index contributed by atoms with van der Waals surface area (Å²) in [5.41, 5.74) is 1.01. The lowest BCUT2D eigenvalue weighted by atomic mass is 10.0. The molecule has 32 heavy (non-hydrogen) atoms. The van der Waals surface area contributed by atoms with Gasteiger partial charge in [0.1, 0.15) is 21.8 Å². The van der Waals surface area contributed by atoms with Crippen molar-refractivity contribution < 1.29 is 14.7 Å². The zero-order chi connectivity index (χ0) is 23.4. The highest BCUT2D eigenvalue weighted by Crippen LogP contribution is 2.36. The SMILES string of the molecule is Cc1c(C=C2SC(=S)N(CCCCCC(=O)O)C2=O)c(N2CCCC2)n(C)c(=O)c1C#N. The molecule has 8 nitrogen and oxygen atoms in total. The lowest BCUT2D eigenvalue weighted by Gasteiger charge is -2.25. The first-order valence-corrected chi connectivity index (χ1v) is 11.8. The van der Waals surface area contributed by atoms with E-state index in [1.807, 2.05) is 6.07 Å². The van der Waals surface area contributed by atoms with Gasteiger partial charge in [0.15, 0.2) is 0 Å². The quantitative estimate of drug-likeness (QED) is 0.348. The Balaban J connectivity index is 1.90. The fourth-order valence-electron chi connectivity index (χ4n) is 4.07. The van der Waals surface area contributed by atoms with Gasteiger partial charge in [0, 0.05) is 38.7 Å². The van der Waals surface area contributed by atoms with Crippen LogP contribution in [0.3, 0.4) is 0 Å². The van der Waals surface area contributed by atoms with Gasteiger partial charge in [-0.2, -0.15) is 5.26 Å². The lowest BCUT2D eigenvalue weighted by Crippen LogP contribution is -2.31. The number of unbranched alkanes of at least 4 members (excludes halogenated alkanes) is 2. The third kappa shape index (κ3) is 4.89. The summed E-state index contributed by atoms with van der Waals surface area (Å²) in [6.07, 6.45) is 5.86. The molecular weight excluding hydrogens is 448 g/mol. The number of carbonyl (C=O) groups is 2. The molecule has 0 aliphatic carbocycles. The van der Waals surface area contributed by atoms with Crippen molar-refractivity contribution in [2.45, 2.75) is 45.4 Å². The maximum atomic E-state index is 13.1. The summed E-state index contributed by atoms with van der Waals surface area (Å²) in [5, 5.41) is 18.3. The van der Waals surface area contributed by atoms with E-state index in [1.54, 1.807) is 24.9 Å². The average Bonchev–Trinajstić information content (AvgIpc) is 3.36. The van der Waals surface area contributed by atoms with E-state index < -0.39 is 5.97 Å². The van der Waals surface area contributed by atoms with E-state index in [0.717, 1.165) is 31.7 Å². The maximum absolute atomic E-state index is 13.1. The predicted molar refractivity (Wildman–Crippen MR) is 129 cm³/mol. The smallest absolute Gasteiger partial charge is 0.303 e. The highest BCUT2D eigenvalue weighted by atomic mass is 32.2. The number of hydrogen-bond donors (Lipinski definition) is 1. The molecule has 170 valence electrons. The van der Waals surface area contributed by atoms with E-state index in [4.69, 9.17) is 17.3 Å². The molecule has 0 aromatic carbocycles. The monoisotopic (exact) mass is 474 g/mol. The normalized spacial score (nSPS) is 17.5. The van der Waals surface area contributed by atoms with Crippen LogP contribution in [-0.2, 0) is 16.6 Å². The van der Waals surface area contributed by atoms with Crippen LogP contribution in [0.2, 0.25) is 0 Å². The molecule has 3 rings (SSSR count). The number of nitrogens with zero attached hydrogens (tertiary/aromatic N) is 4. The Labute approximate surface area is 196 Å². The lowest BCUT2D eigenvalue weighted by molar-refractivity contribution is -0.137. The summed E-state index contributed by atoms with van der Waals surface area (Å²) in [5.74, 6) is -0.294. The van der Waals surface area contributed by atoms with Gasteiger partial charge in [-0.3, -0.25) is 23.9 Å². The topological polar surface area (TPSA) is 107 Å². The first-order chi connectivity index (χ1) is 15.3. The number of rotatable bonds is 8. The molecule has 1 N–H and O–H groups in total. The van der Waals surface area contributed by atoms with E-state index in [9.17, 15) is 19.6 Å². The number of aromatic nitrogens is 1. The molecule has 2 aliphatic rings. The van der Waals surface area contributed by atoms with Crippen molar-refractivity contribution in [3.8, 4) is 6.07 Å². The van der Waals surface area contributed by atoms with Crippen LogP contribution in [0.1, 0.15) is 55.2 Å². The van der Waals surface area contributed by atoms with E-state index in [2.05, 4.69) is 4.90 Å². The van der Waals surface area contributed by atoms with E-state index in [-0.39, 0.29) is 23.5 Å². The number of thiocarbonyl (C=S) groups is 1. The standard InChI is InChI=1S/C22H26N4O4S2/c1-14-15(19(25-9-6-7-10-25)24(2)20(29)16(14)13-23)12-17-21(30)26(22(31)32-17)11-5-3-4-8-18(27)28/h12H,3-11H2,1-2H3,(H,27,28). The van der Waals surface area contributed by atoms with Gasteiger partial charge in [0.2, 0.25) is 0 Å². The molecular formula is C22H26N4O4S2. The molecule has 0 saturated carbocycles. The Hall–Kier alpha value is -2.64. The number of amides is 1. The summed E-state index contributed by atoms with van der Waals surface area (Å²) in [7, 11) is 1.66. The fraction of sp³-hybridized carbons (Fsp3) is 0.500. The molecule has 2 aliphatic heterocycles. The van der Waals surface area contributed by atoms with Crippen LogP contribution in [0.4, 0.5) is 5.82 Å². The Kier molecular flexibility index (Phi) is 7.74. The number of carboxylic acid groups (broad SMARTS) is 1. The number of nitriles is 1. The first-order valence-electron chi connectivity index (χ1n) is 10.6. The van der Waals surface area contributed by atoms with Crippen molar-refractivity contribution in [2.75, 3.05) is 24.5 Å². The second-order valence-corrected chi connectivity index (χ2v) is 9.62. The number of carboxylic acids is 1. The molecule has 0 atom stereocenters. The van der Waals surface area contributed by atoms with Gasteiger partial charge in [-0.15, -0.1) is 0 Å². The van der Waals surface area contributed by atoms with Crippen LogP contribution in [0.15, 0.2) is 9.70 Å². The Bertz CT molecular complexity index is 1080. The molecule has 1 amide bonds. The van der Waals surface area contributed by atoms with E-state index in [1.165, 1.54) is 16.3 Å². The Morgan fingerprint density at radius 1 is 1.25 bits per heavy atom. The van der Waals surface area contributed by atoms with Crippen LogP contribution in [0, 0.1) is 18.3 Å². The Morgan fingerprint density at radius 3 is 2.56 bits per heavy atom. The average molecular weight is 475 g/mol. The molecule has 0 unspecified atom stereocenters. The number of carbonyl (C=O) groups excluding carboxylic acids is 1. The summed E-state index contributed by atoms with van der Waals surface area (Å²) >= 11 is 6.63. The van der Waals surface area contributed by atoms with Crippen LogP contribution in [-0.4, -0.2) is 50.4 Å². The summed E-state index contributed by atoms with van der Waals surface area (Å²) in [6, 6.07) is 2.01. The number of hydrogen-bond acceptors (Lipinski definition) is 7. The van der Waals surface area contributed by atoms with Crippen molar-refractivity contribution in [3.05, 3.63) is 31.9 Å². The first kappa shape index (κ1) is 24.0. The molecule has 2 fully saturated rings. The van der Waals surface area contributed by atoms with Gasteiger partial charge in [-0.1, -0.05) is 30.4 Å². The number of pyridine rings is 1. The van der Waals surface area contributed by atoms with Crippen molar-refractivity contribution in [1.29, 1.82) is 5.26 Å². The number of thioether (sulfide) groups is 1. The van der Waals surface area contributed by atoms with Crippen molar-refractivity contribution in [2.24, 2.45) is 7.05 Å². The van der Waals surface area contributed by atoms with Crippen LogP contribution in [0.25, 0.3) is 6.08 Å². The van der Waals surface area contributed by atoms with Crippen LogP contribution >= 0.6 is 24.0 Å². The second-order valence-electron chi connectivity index (χ2n) is 7.95. The second kappa shape index (κ2) is 10.3. The third-order valence-electron chi connectivity index (χ3n) is 5.79. The zero-order valence-corrected chi connectivity index (χ0v) is 19.9. The Morgan fingerprint density at radius 2 is 1.94 bits per heavy atom. The van der Waals surface area contributed by atoms with E-state index >= 15 is 0 Å². The minimum absolute atomic E-state index is 0.0793. The molecule has 0 bridgehead atoms. The summed E-state index contributed by atoms with van der Waals surface area (Å²) in [6.45, 7) is 3.82. The van der Waals surface area contributed by atoms with Gasteiger partial charge >= 0.3 is 5.97 Å². The van der Waals surface area contributed by atoms with Crippen molar-refractivity contribution in [1.82, 2.24) is 9.47 Å². The van der Waals surface area contributed by atoms with Gasteiger partial charge in [-0.05, 0) is 44.2 Å². The molecule has 10 heteroatoms. The molecule has 1 aromatic rings. The largest absolute Gasteiger partial charge is 0.481 e. The highest BCUT2D eigenvalue weighted by molar-refractivity contribution is 8.26. The minimum Gasteiger partial charge on any atom is -0.481 e. The molecule has 3 heterocycles. The number of anilines is 1. The fourth-order valence-corrected chi connectivity index (χ4v) is 5.36. The minimum atomic E-state index is -0.822. The van der Waals surface area contributed by atoms with E-state index in [0.29, 0.717) is 46.2 Å². The maximum Gasteiger partial charge on any atom is 0.303 e.